The minimum atomic E-state index is -0.701. The molecule has 1 aromatic rings. The molecule has 0 N–H and O–H groups in total. The first-order valence-corrected chi connectivity index (χ1v) is 7.82. The topological polar surface area (TPSA) is 65.1 Å². The maximum Gasteiger partial charge on any atom is 0.308 e. The minimum Gasteiger partial charge on any atom is -0.497 e. The van der Waals surface area contributed by atoms with E-state index >= 15 is 0 Å². The third-order valence-corrected chi connectivity index (χ3v) is 4.04. The smallest absolute Gasteiger partial charge is 0.308 e. The molecule has 6 heteroatoms. The number of methoxy groups -OCH3 is 1. The van der Waals surface area contributed by atoms with Crippen LogP contribution in [0.3, 0.4) is 0 Å². The number of ether oxygens (including phenoxy) is 3. The molecule has 1 aliphatic heterocycles. The molecule has 0 bridgehead atoms. The van der Waals surface area contributed by atoms with Crippen molar-refractivity contribution in [3.63, 3.8) is 0 Å². The molecule has 1 unspecified atom stereocenters. The van der Waals surface area contributed by atoms with Gasteiger partial charge in [0, 0.05) is 38.2 Å². The van der Waals surface area contributed by atoms with Crippen LogP contribution in [0.5, 0.6) is 0 Å². The second-order valence-electron chi connectivity index (χ2n) is 5.76. The summed E-state index contributed by atoms with van der Waals surface area (Å²) in [7, 11) is 3.36. The van der Waals surface area contributed by atoms with Crippen LogP contribution in [0.15, 0.2) is 53.1 Å². The van der Waals surface area contributed by atoms with Gasteiger partial charge in [-0.3, -0.25) is 9.59 Å². The van der Waals surface area contributed by atoms with Crippen molar-refractivity contribution in [2.45, 2.75) is 20.0 Å². The molecular formula is C19H19NO5. The number of hydrogen-bond acceptors (Lipinski definition) is 6. The largest absolute Gasteiger partial charge is 0.497 e. The maximum atomic E-state index is 11.6. The lowest BCUT2D eigenvalue weighted by atomic mass is 9.90. The number of benzene rings is 1. The molecule has 0 saturated carbocycles. The third kappa shape index (κ3) is 3.03. The van der Waals surface area contributed by atoms with E-state index in [1.165, 1.54) is 21.0 Å². The number of carbonyl (C=O) groups excluding carboxylic acids is 2. The summed E-state index contributed by atoms with van der Waals surface area (Å²) in [6.07, 6.45) is 2.81. The summed E-state index contributed by atoms with van der Waals surface area (Å²) >= 11 is 0. The minimum absolute atomic E-state index is 0.357. The Hall–Kier alpha value is -3.02. The van der Waals surface area contributed by atoms with E-state index < -0.39 is 18.0 Å². The molecule has 2 aliphatic rings. The van der Waals surface area contributed by atoms with Crippen LogP contribution in [0.1, 0.15) is 19.4 Å². The zero-order valence-corrected chi connectivity index (χ0v) is 14.5. The van der Waals surface area contributed by atoms with Crippen molar-refractivity contribution in [3.05, 3.63) is 58.7 Å². The van der Waals surface area contributed by atoms with Gasteiger partial charge in [0.25, 0.3) is 0 Å². The predicted molar refractivity (Wildman–Crippen MR) is 92.3 cm³/mol. The second kappa shape index (κ2) is 6.47. The van der Waals surface area contributed by atoms with Crippen molar-refractivity contribution in [2.24, 2.45) is 0 Å². The maximum absolute atomic E-state index is 11.6. The van der Waals surface area contributed by atoms with E-state index in [1.54, 1.807) is 6.08 Å². The Morgan fingerprint density at radius 1 is 1.08 bits per heavy atom. The fourth-order valence-corrected chi connectivity index (χ4v) is 3.09. The summed E-state index contributed by atoms with van der Waals surface area (Å²) in [4.78, 5) is 25.0. The number of allylic oxidation sites excluding steroid dienone is 1. The van der Waals surface area contributed by atoms with Gasteiger partial charge in [0.2, 0.25) is 0 Å². The monoisotopic (exact) mass is 341 g/mol. The molecule has 0 amide bonds. The lowest BCUT2D eigenvalue weighted by Crippen LogP contribution is -2.35. The van der Waals surface area contributed by atoms with E-state index in [9.17, 15) is 9.59 Å². The third-order valence-electron chi connectivity index (χ3n) is 4.04. The molecule has 3 rings (SSSR count). The molecule has 1 aromatic carbocycles. The lowest BCUT2D eigenvalue weighted by molar-refractivity contribution is -0.144. The molecule has 25 heavy (non-hydrogen) atoms. The highest BCUT2D eigenvalue weighted by atomic mass is 16.6. The van der Waals surface area contributed by atoms with Crippen molar-refractivity contribution in [1.29, 1.82) is 0 Å². The van der Waals surface area contributed by atoms with E-state index in [0.717, 1.165) is 11.3 Å². The molecule has 0 radical (unpaired) electrons. The quantitative estimate of drug-likeness (QED) is 0.788. The Morgan fingerprint density at radius 2 is 1.80 bits per heavy atom. The number of para-hydroxylation sites is 1. The molecule has 130 valence electrons. The van der Waals surface area contributed by atoms with Crippen LogP contribution in [0.4, 0.5) is 5.69 Å². The van der Waals surface area contributed by atoms with Gasteiger partial charge in [-0.05, 0) is 17.7 Å². The fraction of sp³-hybridized carbons (Fsp3) is 0.263. The van der Waals surface area contributed by atoms with Crippen LogP contribution < -0.4 is 4.90 Å². The van der Waals surface area contributed by atoms with Crippen LogP contribution >= 0.6 is 0 Å². The highest BCUT2D eigenvalue weighted by Crippen LogP contribution is 2.42. The normalized spacial score (nSPS) is 18.6. The van der Waals surface area contributed by atoms with Crippen molar-refractivity contribution in [1.82, 2.24) is 0 Å². The summed E-state index contributed by atoms with van der Waals surface area (Å²) < 4.78 is 16.3. The number of esters is 2. The van der Waals surface area contributed by atoms with E-state index in [-0.39, 0.29) is 0 Å². The first-order valence-electron chi connectivity index (χ1n) is 7.82. The lowest BCUT2D eigenvalue weighted by Gasteiger charge is -2.37. The van der Waals surface area contributed by atoms with Gasteiger partial charge in [-0.15, -0.1) is 0 Å². The molecule has 1 heterocycles. The Labute approximate surface area is 146 Å². The van der Waals surface area contributed by atoms with Gasteiger partial charge in [0.15, 0.2) is 11.9 Å². The van der Waals surface area contributed by atoms with E-state index in [1.807, 2.05) is 42.3 Å². The number of carbonyl (C=O) groups is 2. The van der Waals surface area contributed by atoms with Gasteiger partial charge in [-0.1, -0.05) is 18.2 Å². The summed E-state index contributed by atoms with van der Waals surface area (Å²) in [5.74, 6) is -0.109. The van der Waals surface area contributed by atoms with Crippen molar-refractivity contribution < 1.29 is 23.8 Å². The molecular weight excluding hydrogens is 322 g/mol. The van der Waals surface area contributed by atoms with Crippen LogP contribution in [-0.2, 0) is 23.8 Å². The molecule has 0 fully saturated rings. The number of nitrogens with zero attached hydrogens (tertiary/aromatic N) is 1. The Bertz CT molecular complexity index is 834. The molecule has 0 aromatic heterocycles. The average molecular weight is 341 g/mol. The van der Waals surface area contributed by atoms with Crippen LogP contribution in [0.2, 0.25) is 0 Å². The number of rotatable bonds is 3. The van der Waals surface area contributed by atoms with Gasteiger partial charge < -0.3 is 19.1 Å². The summed E-state index contributed by atoms with van der Waals surface area (Å²) in [5, 5.41) is 0. The Morgan fingerprint density at radius 3 is 2.44 bits per heavy atom. The highest BCUT2D eigenvalue weighted by molar-refractivity contribution is 5.83. The molecule has 1 atom stereocenters. The summed E-state index contributed by atoms with van der Waals surface area (Å²) in [6.45, 7) is 2.69. The zero-order valence-electron chi connectivity index (χ0n) is 14.5. The fourth-order valence-electron chi connectivity index (χ4n) is 3.09. The SMILES string of the molecule is COC1=CC(OC(C)=O)=C2C(=Cc3ccccc3N2C)C1OC(C)=O. The number of fused-ring (bicyclic) bond motifs is 2. The molecule has 1 aliphatic carbocycles. The molecule has 6 nitrogen and oxygen atoms in total. The summed E-state index contributed by atoms with van der Waals surface area (Å²) in [5.41, 5.74) is 3.30. The highest BCUT2D eigenvalue weighted by Gasteiger charge is 2.37. The molecule has 0 spiro atoms. The van der Waals surface area contributed by atoms with E-state index in [4.69, 9.17) is 14.2 Å². The van der Waals surface area contributed by atoms with Gasteiger partial charge in [-0.25, -0.2) is 0 Å². The van der Waals surface area contributed by atoms with Gasteiger partial charge in [0.05, 0.1) is 12.8 Å². The van der Waals surface area contributed by atoms with Crippen LogP contribution in [0.25, 0.3) is 6.08 Å². The van der Waals surface area contributed by atoms with Gasteiger partial charge in [-0.2, -0.15) is 0 Å². The van der Waals surface area contributed by atoms with Gasteiger partial charge in [0.1, 0.15) is 5.76 Å². The predicted octanol–water partition coefficient (Wildman–Crippen LogP) is 2.77. The standard InChI is InChI=1S/C19H19NO5/c1-11(21)24-16-10-17(23-4)19(25-12(2)22)14-9-13-7-5-6-8-15(13)20(3)18(14)16/h5-10,19H,1-4H3. The van der Waals surface area contributed by atoms with E-state index in [2.05, 4.69) is 0 Å². The second-order valence-corrected chi connectivity index (χ2v) is 5.76. The van der Waals surface area contributed by atoms with Crippen LogP contribution in [0, 0.1) is 0 Å². The number of likely N-dealkylation sites (N-methyl/N-ethyl adjacent to an activating group) is 1. The van der Waals surface area contributed by atoms with Crippen molar-refractivity contribution in [2.75, 3.05) is 19.1 Å². The van der Waals surface area contributed by atoms with Crippen molar-refractivity contribution >= 4 is 23.7 Å². The molecule has 0 saturated heterocycles. The average Bonchev–Trinajstić information content (AvgIpc) is 2.56. The summed E-state index contributed by atoms with van der Waals surface area (Å²) in [6, 6.07) is 7.80. The van der Waals surface area contributed by atoms with Crippen LogP contribution in [-0.4, -0.2) is 32.2 Å². The first-order chi connectivity index (χ1) is 11.9. The van der Waals surface area contributed by atoms with E-state index in [0.29, 0.717) is 22.8 Å². The van der Waals surface area contributed by atoms with Gasteiger partial charge >= 0.3 is 11.9 Å². The first kappa shape index (κ1) is 16.8. The number of anilines is 1. The Balaban J connectivity index is 2.22. The zero-order chi connectivity index (χ0) is 18.1. The Kier molecular flexibility index (Phi) is 4.35. The van der Waals surface area contributed by atoms with Crippen molar-refractivity contribution in [3.8, 4) is 0 Å². The number of hydrogen-bond donors (Lipinski definition) is 0.